The summed E-state index contributed by atoms with van der Waals surface area (Å²) < 4.78 is 6.20. The van der Waals surface area contributed by atoms with Crippen LogP contribution in [0.1, 0.15) is 43.7 Å². The van der Waals surface area contributed by atoms with Crippen LogP contribution < -0.4 is 15.0 Å². The molecule has 3 aromatic rings. The number of para-hydroxylation sites is 1. The molecule has 30 heavy (non-hydrogen) atoms. The van der Waals surface area contributed by atoms with Gasteiger partial charge < -0.3 is 15.0 Å². The molecule has 0 saturated carbocycles. The summed E-state index contributed by atoms with van der Waals surface area (Å²) in [5, 5.41) is 11.2. The van der Waals surface area contributed by atoms with E-state index in [1.807, 2.05) is 44.2 Å². The van der Waals surface area contributed by atoms with Crippen molar-refractivity contribution in [3.8, 4) is 11.6 Å². The molecule has 2 aliphatic rings. The first-order chi connectivity index (χ1) is 14.5. The number of fused-ring (bicyclic) bond motifs is 2. The van der Waals surface area contributed by atoms with Gasteiger partial charge in [0.1, 0.15) is 17.1 Å². The number of nitrogens with zero attached hydrogens (tertiary/aromatic N) is 4. The molecule has 4 heterocycles. The van der Waals surface area contributed by atoms with E-state index in [-0.39, 0.29) is 11.8 Å². The second-order valence-corrected chi connectivity index (χ2v) is 9.08. The Morgan fingerprint density at radius 3 is 2.73 bits per heavy atom. The van der Waals surface area contributed by atoms with Gasteiger partial charge in [0.15, 0.2) is 0 Å². The van der Waals surface area contributed by atoms with Gasteiger partial charge in [0.2, 0.25) is 16.9 Å². The van der Waals surface area contributed by atoms with E-state index in [0.29, 0.717) is 11.0 Å². The molecule has 1 aromatic carbocycles. The highest BCUT2D eigenvalue weighted by atomic mass is 32.1. The Bertz CT molecular complexity index is 1080. The zero-order chi connectivity index (χ0) is 20.7. The van der Waals surface area contributed by atoms with Gasteiger partial charge in [-0.25, -0.2) is 0 Å². The molecule has 8 heteroatoms. The van der Waals surface area contributed by atoms with E-state index in [0.717, 1.165) is 35.8 Å². The van der Waals surface area contributed by atoms with Crippen molar-refractivity contribution >= 4 is 28.2 Å². The summed E-state index contributed by atoms with van der Waals surface area (Å²) in [4.78, 5) is 20.4. The Morgan fingerprint density at radius 1 is 1.17 bits per heavy atom. The van der Waals surface area contributed by atoms with Crippen LogP contribution in [0.3, 0.4) is 0 Å². The summed E-state index contributed by atoms with van der Waals surface area (Å²) in [6.45, 7) is 5.94. The summed E-state index contributed by atoms with van der Waals surface area (Å²) in [5.41, 5.74) is 2.75. The summed E-state index contributed by atoms with van der Waals surface area (Å²) in [6, 6.07) is 12.0. The molecule has 2 aromatic heterocycles. The predicted octanol–water partition coefficient (Wildman–Crippen LogP) is 4.44. The average Bonchev–Trinajstić information content (AvgIpc) is 3.45. The molecule has 154 valence electrons. The van der Waals surface area contributed by atoms with Crippen molar-refractivity contribution in [2.24, 2.45) is 5.41 Å². The van der Waals surface area contributed by atoms with E-state index in [4.69, 9.17) is 9.72 Å². The lowest BCUT2D eigenvalue weighted by Gasteiger charge is -2.37. The lowest BCUT2D eigenvalue weighted by Crippen LogP contribution is -2.38. The summed E-state index contributed by atoms with van der Waals surface area (Å²) in [6.07, 6.45) is 2.37. The fourth-order valence-corrected chi connectivity index (χ4v) is 4.78. The number of aromatic nitrogens is 3. The highest BCUT2D eigenvalue weighted by Gasteiger charge is 2.44. The second kappa shape index (κ2) is 7.36. The minimum atomic E-state index is -0.767. The second-order valence-electron chi connectivity index (χ2n) is 8.25. The number of hydrogen-bond acceptors (Lipinski definition) is 7. The van der Waals surface area contributed by atoms with E-state index in [2.05, 4.69) is 26.5 Å². The fraction of sp³-hybridized carbons (Fsp3) is 0.364. The minimum absolute atomic E-state index is 0.115. The van der Waals surface area contributed by atoms with Crippen molar-refractivity contribution in [2.75, 3.05) is 23.3 Å². The molecule has 1 amide bonds. The Kier molecular flexibility index (Phi) is 4.66. The first-order valence-corrected chi connectivity index (χ1v) is 11.0. The van der Waals surface area contributed by atoms with E-state index < -0.39 is 5.41 Å². The largest absolute Gasteiger partial charge is 0.438 e. The third-order valence-corrected chi connectivity index (χ3v) is 6.55. The van der Waals surface area contributed by atoms with Crippen LogP contribution in [-0.2, 0) is 4.79 Å². The highest BCUT2D eigenvalue weighted by Crippen LogP contribution is 2.52. The number of benzene rings is 1. The lowest BCUT2D eigenvalue weighted by molar-refractivity contribution is -0.124. The van der Waals surface area contributed by atoms with E-state index >= 15 is 0 Å². The molecule has 0 bridgehead atoms. The fourth-order valence-electron chi connectivity index (χ4n) is 4.34. The Morgan fingerprint density at radius 2 is 1.97 bits per heavy atom. The van der Waals surface area contributed by atoms with Gasteiger partial charge in [-0.05, 0) is 31.0 Å². The maximum absolute atomic E-state index is 13.3. The molecule has 1 fully saturated rings. The number of nitrogens with one attached hydrogen (secondary N) is 1. The number of hydrogen-bond donors (Lipinski definition) is 1. The SMILES string of the molecule is CC(C)(C(=O)Nc1nncs1)[C@H]1c2ccccc2Oc2nc(N3CCCC3)ccc21. The maximum Gasteiger partial charge on any atom is 0.232 e. The standard InChI is InChI=1S/C22H23N5O2S/c1-22(2,20(28)25-21-26-23-13-30-21)18-14-7-3-4-8-16(14)29-19-15(18)9-10-17(24-19)27-11-5-6-12-27/h3-4,7-10,13,18H,5-6,11-12H2,1-2H3,(H,25,26,28)/t18-/m0/s1. The van der Waals surface area contributed by atoms with Crippen LogP contribution in [0.4, 0.5) is 10.9 Å². The van der Waals surface area contributed by atoms with Crippen LogP contribution >= 0.6 is 11.3 Å². The molecule has 2 aliphatic heterocycles. The third kappa shape index (κ3) is 3.21. The van der Waals surface area contributed by atoms with Crippen molar-refractivity contribution in [3.63, 3.8) is 0 Å². The van der Waals surface area contributed by atoms with Crippen molar-refractivity contribution in [3.05, 3.63) is 53.0 Å². The maximum atomic E-state index is 13.3. The molecule has 1 N–H and O–H groups in total. The van der Waals surface area contributed by atoms with Gasteiger partial charge in [0.25, 0.3) is 0 Å². The average molecular weight is 422 g/mol. The monoisotopic (exact) mass is 421 g/mol. The van der Waals surface area contributed by atoms with Crippen LogP contribution in [0.15, 0.2) is 41.9 Å². The Labute approximate surface area is 179 Å². The van der Waals surface area contributed by atoms with Gasteiger partial charge in [0, 0.05) is 30.1 Å². The van der Waals surface area contributed by atoms with Crippen molar-refractivity contribution in [1.29, 1.82) is 0 Å². The van der Waals surface area contributed by atoms with E-state index in [1.165, 1.54) is 24.2 Å². The molecule has 1 saturated heterocycles. The zero-order valence-electron chi connectivity index (χ0n) is 17.0. The molecule has 7 nitrogen and oxygen atoms in total. The summed E-state index contributed by atoms with van der Waals surface area (Å²) in [7, 11) is 0. The van der Waals surface area contributed by atoms with Crippen molar-refractivity contribution < 1.29 is 9.53 Å². The van der Waals surface area contributed by atoms with E-state index in [1.54, 1.807) is 5.51 Å². The number of pyridine rings is 1. The first-order valence-electron chi connectivity index (χ1n) is 10.1. The topological polar surface area (TPSA) is 80.2 Å². The van der Waals surface area contributed by atoms with Crippen LogP contribution in [0.25, 0.3) is 0 Å². The molecule has 0 radical (unpaired) electrons. The predicted molar refractivity (Wildman–Crippen MR) is 116 cm³/mol. The molecule has 5 rings (SSSR count). The van der Waals surface area contributed by atoms with Crippen LogP contribution in [0.5, 0.6) is 11.6 Å². The summed E-state index contributed by atoms with van der Waals surface area (Å²) >= 11 is 1.30. The molecule has 0 spiro atoms. The molecule has 0 aliphatic carbocycles. The van der Waals surface area contributed by atoms with Gasteiger partial charge >= 0.3 is 0 Å². The lowest BCUT2D eigenvalue weighted by atomic mass is 9.70. The van der Waals surface area contributed by atoms with E-state index in [9.17, 15) is 4.79 Å². The molecule has 0 unspecified atom stereocenters. The van der Waals surface area contributed by atoms with Crippen LogP contribution in [0, 0.1) is 5.41 Å². The van der Waals surface area contributed by atoms with Gasteiger partial charge in [-0.15, -0.1) is 10.2 Å². The molecule has 1 atom stereocenters. The Balaban J connectivity index is 1.56. The number of rotatable bonds is 4. The highest BCUT2D eigenvalue weighted by molar-refractivity contribution is 7.13. The minimum Gasteiger partial charge on any atom is -0.438 e. The van der Waals surface area contributed by atoms with Crippen LogP contribution in [-0.4, -0.2) is 34.2 Å². The number of ether oxygens (including phenoxy) is 1. The van der Waals surface area contributed by atoms with Gasteiger partial charge in [-0.1, -0.05) is 43.4 Å². The molecular weight excluding hydrogens is 398 g/mol. The smallest absolute Gasteiger partial charge is 0.232 e. The van der Waals surface area contributed by atoms with Crippen molar-refractivity contribution in [2.45, 2.75) is 32.6 Å². The van der Waals surface area contributed by atoms with Gasteiger partial charge in [0.05, 0.1) is 5.41 Å². The number of carbonyl (C=O) groups excluding carboxylic acids is 1. The number of anilines is 2. The van der Waals surface area contributed by atoms with Gasteiger partial charge in [-0.3, -0.25) is 4.79 Å². The van der Waals surface area contributed by atoms with Crippen molar-refractivity contribution in [1.82, 2.24) is 15.2 Å². The number of amides is 1. The first kappa shape index (κ1) is 19.0. The quantitative estimate of drug-likeness (QED) is 0.671. The van der Waals surface area contributed by atoms with Gasteiger partial charge in [-0.2, -0.15) is 4.98 Å². The van der Waals surface area contributed by atoms with Crippen LogP contribution in [0.2, 0.25) is 0 Å². The molecular formula is C22H23N5O2S. The normalized spacial score (nSPS) is 17.8. The zero-order valence-corrected chi connectivity index (χ0v) is 17.8. The summed E-state index contributed by atoms with van der Waals surface area (Å²) in [5.74, 6) is 1.94. The Hall–Kier alpha value is -3.00. The third-order valence-electron chi connectivity index (χ3n) is 5.94. The number of carbonyl (C=O) groups is 1.